The van der Waals surface area contributed by atoms with Gasteiger partial charge in [-0.05, 0) is 19.5 Å². The van der Waals surface area contributed by atoms with Crippen LogP contribution in [0.3, 0.4) is 0 Å². The first kappa shape index (κ1) is 12.8. The van der Waals surface area contributed by atoms with Crippen molar-refractivity contribution in [1.29, 1.82) is 0 Å². The van der Waals surface area contributed by atoms with Gasteiger partial charge in [-0.15, -0.1) is 0 Å². The molecule has 0 aromatic rings. The maximum Gasteiger partial charge on any atom is 0.278 e. The predicted octanol–water partition coefficient (Wildman–Crippen LogP) is -0.618. The highest BCUT2D eigenvalue weighted by Crippen LogP contribution is 1.87. The van der Waals surface area contributed by atoms with E-state index in [1.807, 2.05) is 6.92 Å². The van der Waals surface area contributed by atoms with Crippen molar-refractivity contribution in [3.8, 4) is 0 Å². The molecule has 0 saturated heterocycles. The molecule has 0 radical (unpaired) electrons. The Morgan fingerprint density at radius 2 is 1.85 bits per heavy atom. The van der Waals surface area contributed by atoms with E-state index in [2.05, 4.69) is 10.0 Å². The summed E-state index contributed by atoms with van der Waals surface area (Å²) in [4.78, 5) is 0. The molecule has 80 valence electrons. The Balaban J connectivity index is 3.53. The summed E-state index contributed by atoms with van der Waals surface area (Å²) in [6, 6.07) is 0. The van der Waals surface area contributed by atoms with Crippen LogP contribution in [-0.2, 0) is 10.2 Å². The monoisotopic (exact) mass is 209 g/mol. The van der Waals surface area contributed by atoms with Crippen molar-refractivity contribution in [2.45, 2.75) is 13.3 Å². The van der Waals surface area contributed by atoms with Crippen LogP contribution >= 0.6 is 0 Å². The predicted molar refractivity (Wildman–Crippen MR) is 53.8 cm³/mol. The molecule has 13 heavy (non-hydrogen) atoms. The van der Waals surface area contributed by atoms with Crippen LogP contribution in [0.2, 0.25) is 0 Å². The lowest BCUT2D eigenvalue weighted by Crippen LogP contribution is -2.36. The van der Waals surface area contributed by atoms with Gasteiger partial charge >= 0.3 is 0 Å². The zero-order valence-corrected chi connectivity index (χ0v) is 9.32. The van der Waals surface area contributed by atoms with Crippen molar-refractivity contribution >= 4 is 10.2 Å². The molecule has 0 unspecified atom stereocenters. The van der Waals surface area contributed by atoms with Crippen LogP contribution in [0.5, 0.6) is 0 Å². The van der Waals surface area contributed by atoms with E-state index in [0.29, 0.717) is 6.54 Å². The molecule has 0 fully saturated rings. The quantitative estimate of drug-likeness (QED) is 0.549. The maximum atomic E-state index is 11.2. The van der Waals surface area contributed by atoms with E-state index in [1.54, 1.807) is 0 Å². The highest BCUT2D eigenvalue weighted by atomic mass is 32.2. The van der Waals surface area contributed by atoms with Crippen molar-refractivity contribution in [1.82, 2.24) is 14.3 Å². The van der Waals surface area contributed by atoms with Gasteiger partial charge in [0.2, 0.25) is 0 Å². The Morgan fingerprint density at radius 3 is 2.31 bits per heavy atom. The summed E-state index contributed by atoms with van der Waals surface area (Å²) in [5.41, 5.74) is 0. The van der Waals surface area contributed by atoms with Crippen molar-refractivity contribution in [3.05, 3.63) is 0 Å². The van der Waals surface area contributed by atoms with E-state index in [1.165, 1.54) is 18.4 Å². The Morgan fingerprint density at radius 1 is 1.23 bits per heavy atom. The molecular weight excluding hydrogens is 190 g/mol. The minimum atomic E-state index is -3.23. The molecule has 0 aliphatic carbocycles. The van der Waals surface area contributed by atoms with E-state index in [0.717, 1.165) is 19.5 Å². The topological polar surface area (TPSA) is 61.4 Å². The zero-order chi connectivity index (χ0) is 10.3. The molecular formula is C7H19N3O2S. The van der Waals surface area contributed by atoms with Crippen LogP contribution in [-0.4, -0.2) is 46.5 Å². The van der Waals surface area contributed by atoms with Gasteiger partial charge in [0, 0.05) is 20.6 Å². The second kappa shape index (κ2) is 6.31. The van der Waals surface area contributed by atoms with E-state index >= 15 is 0 Å². The van der Waals surface area contributed by atoms with Crippen molar-refractivity contribution < 1.29 is 8.42 Å². The molecule has 0 atom stereocenters. The molecule has 0 amide bonds. The first-order valence-electron chi connectivity index (χ1n) is 4.38. The molecule has 6 heteroatoms. The van der Waals surface area contributed by atoms with Crippen LogP contribution in [0.1, 0.15) is 13.3 Å². The Labute approximate surface area is 80.7 Å². The average Bonchev–Trinajstić information content (AvgIpc) is 2.03. The maximum absolute atomic E-state index is 11.2. The van der Waals surface area contributed by atoms with Gasteiger partial charge in [0.05, 0.1) is 0 Å². The Kier molecular flexibility index (Phi) is 6.23. The molecule has 0 spiro atoms. The van der Waals surface area contributed by atoms with Gasteiger partial charge in [0.25, 0.3) is 10.2 Å². The van der Waals surface area contributed by atoms with Gasteiger partial charge in [-0.2, -0.15) is 12.7 Å². The van der Waals surface area contributed by atoms with Crippen LogP contribution in [0.25, 0.3) is 0 Å². The Bertz CT molecular complexity index is 214. The minimum Gasteiger partial charge on any atom is -0.317 e. The molecule has 0 aromatic heterocycles. The molecule has 5 nitrogen and oxygen atoms in total. The number of hydrogen-bond donors (Lipinski definition) is 2. The third kappa shape index (κ3) is 5.98. The van der Waals surface area contributed by atoms with Crippen molar-refractivity contribution in [3.63, 3.8) is 0 Å². The summed E-state index contributed by atoms with van der Waals surface area (Å²) >= 11 is 0. The van der Waals surface area contributed by atoms with Gasteiger partial charge in [0.15, 0.2) is 0 Å². The number of nitrogens with zero attached hydrogens (tertiary/aromatic N) is 1. The van der Waals surface area contributed by atoms with Crippen LogP contribution in [0.4, 0.5) is 0 Å². The standard InChI is InChI=1S/C7H19N3O2S/c1-4-8-6-5-7-9-13(11,12)10(2)3/h8-9H,4-7H2,1-3H3. The minimum absolute atomic E-state index is 0.480. The molecule has 0 rings (SSSR count). The highest BCUT2D eigenvalue weighted by Gasteiger charge is 2.10. The summed E-state index contributed by atoms with van der Waals surface area (Å²) in [6.45, 7) is 4.25. The lowest BCUT2D eigenvalue weighted by atomic mass is 10.4. The smallest absolute Gasteiger partial charge is 0.278 e. The Hall–Kier alpha value is -0.170. The summed E-state index contributed by atoms with van der Waals surface area (Å²) < 4.78 is 26.0. The summed E-state index contributed by atoms with van der Waals surface area (Å²) in [5, 5.41) is 3.12. The fourth-order valence-corrected chi connectivity index (χ4v) is 1.38. The first-order valence-corrected chi connectivity index (χ1v) is 5.82. The second-order valence-corrected chi connectivity index (χ2v) is 4.86. The van der Waals surface area contributed by atoms with Crippen LogP contribution in [0.15, 0.2) is 0 Å². The fourth-order valence-electron chi connectivity index (χ4n) is 0.720. The van der Waals surface area contributed by atoms with Crippen LogP contribution < -0.4 is 10.0 Å². The fraction of sp³-hybridized carbons (Fsp3) is 1.00. The summed E-state index contributed by atoms with van der Waals surface area (Å²) in [5.74, 6) is 0. The molecule has 0 aliphatic rings. The van der Waals surface area contributed by atoms with Crippen molar-refractivity contribution in [2.75, 3.05) is 33.7 Å². The molecule has 0 bridgehead atoms. The van der Waals surface area contributed by atoms with Crippen molar-refractivity contribution in [2.24, 2.45) is 0 Å². The molecule has 0 aromatic carbocycles. The summed E-state index contributed by atoms with van der Waals surface area (Å²) in [7, 11) is -0.217. The SMILES string of the molecule is CCNCCCNS(=O)(=O)N(C)C. The number of hydrogen-bond acceptors (Lipinski definition) is 3. The van der Waals surface area contributed by atoms with E-state index in [4.69, 9.17) is 0 Å². The second-order valence-electron chi connectivity index (χ2n) is 2.89. The highest BCUT2D eigenvalue weighted by molar-refractivity contribution is 7.87. The third-order valence-electron chi connectivity index (χ3n) is 1.55. The van der Waals surface area contributed by atoms with E-state index in [9.17, 15) is 8.42 Å². The van der Waals surface area contributed by atoms with Gasteiger partial charge in [-0.1, -0.05) is 6.92 Å². The van der Waals surface area contributed by atoms with Gasteiger partial charge in [-0.3, -0.25) is 0 Å². The lowest BCUT2D eigenvalue weighted by Gasteiger charge is -2.11. The number of rotatable bonds is 7. The van der Waals surface area contributed by atoms with Gasteiger partial charge in [-0.25, -0.2) is 4.72 Å². The van der Waals surface area contributed by atoms with E-state index < -0.39 is 10.2 Å². The molecule has 0 heterocycles. The largest absolute Gasteiger partial charge is 0.317 e. The van der Waals surface area contributed by atoms with E-state index in [-0.39, 0.29) is 0 Å². The molecule has 0 saturated carbocycles. The normalized spacial score (nSPS) is 12.3. The lowest BCUT2D eigenvalue weighted by molar-refractivity contribution is 0.503. The molecule has 0 aliphatic heterocycles. The van der Waals surface area contributed by atoms with Gasteiger partial charge in [0.1, 0.15) is 0 Å². The van der Waals surface area contributed by atoms with Gasteiger partial charge < -0.3 is 5.32 Å². The molecule has 2 N–H and O–H groups in total. The summed E-state index contributed by atoms with van der Waals surface area (Å²) in [6.07, 6.45) is 0.806. The zero-order valence-electron chi connectivity index (χ0n) is 8.50. The van der Waals surface area contributed by atoms with Crippen LogP contribution in [0, 0.1) is 0 Å². The average molecular weight is 209 g/mol. The number of nitrogens with one attached hydrogen (secondary N) is 2. The third-order valence-corrected chi connectivity index (χ3v) is 3.08. The first-order chi connectivity index (χ1) is 6.00.